The Bertz CT molecular complexity index is 706. The van der Waals surface area contributed by atoms with Crippen molar-refractivity contribution in [2.24, 2.45) is 0 Å². The molecule has 2 aliphatic carbocycles. The maximum Gasteiger partial charge on any atom is 0.295 e. The van der Waals surface area contributed by atoms with E-state index in [1.807, 2.05) is 32.0 Å². The zero-order chi connectivity index (χ0) is 14.4. The van der Waals surface area contributed by atoms with Crippen LogP contribution in [0.5, 0.6) is 0 Å². The molecule has 1 radical (unpaired) electrons. The van der Waals surface area contributed by atoms with Gasteiger partial charge >= 0.3 is 0 Å². The fourth-order valence-corrected chi connectivity index (χ4v) is 3.21. The van der Waals surface area contributed by atoms with Crippen LogP contribution in [0.25, 0.3) is 11.1 Å². The van der Waals surface area contributed by atoms with Crippen LogP contribution >= 0.6 is 0 Å². The van der Waals surface area contributed by atoms with E-state index in [2.05, 4.69) is 13.8 Å². The zero-order valence-electron chi connectivity index (χ0n) is 12.6. The van der Waals surface area contributed by atoms with Crippen LogP contribution in [0.2, 0.25) is 0 Å². The summed E-state index contributed by atoms with van der Waals surface area (Å²) in [6.07, 6.45) is 0. The van der Waals surface area contributed by atoms with E-state index in [0.29, 0.717) is 11.5 Å². The van der Waals surface area contributed by atoms with Crippen LogP contribution in [0.1, 0.15) is 36.5 Å². The van der Waals surface area contributed by atoms with Crippen LogP contribution in [-0.2, 0) is 10.1 Å². The maximum absolute atomic E-state index is 11.5. The first-order chi connectivity index (χ1) is 8.71. The van der Waals surface area contributed by atoms with Crippen LogP contribution in [0.3, 0.4) is 0 Å². The molecular weight excluding hydrogens is 283 g/mol. The number of fused-ring (bicyclic) bond motifs is 1. The molecule has 0 aromatic rings. The van der Waals surface area contributed by atoms with Gasteiger partial charge in [0.15, 0.2) is 0 Å². The van der Waals surface area contributed by atoms with Crippen molar-refractivity contribution < 1.29 is 13.0 Å². The van der Waals surface area contributed by atoms with Gasteiger partial charge in [-0.2, -0.15) is 8.42 Å². The molecule has 2 aliphatic rings. The largest absolute Gasteiger partial charge is 0.295 e. The van der Waals surface area contributed by atoms with Gasteiger partial charge in [0.25, 0.3) is 10.1 Å². The molecule has 0 saturated heterocycles. The number of hydrogen-bond donors (Lipinski definition) is 1. The van der Waals surface area contributed by atoms with Gasteiger partial charge in [-0.05, 0) is 48.1 Å². The van der Waals surface area contributed by atoms with Gasteiger partial charge in [0, 0.05) is 35.1 Å². The van der Waals surface area contributed by atoms with E-state index in [9.17, 15) is 13.0 Å². The van der Waals surface area contributed by atoms with Gasteiger partial charge in [0.2, 0.25) is 0 Å². The summed E-state index contributed by atoms with van der Waals surface area (Å²) in [5.41, 5.74) is 4.37. The summed E-state index contributed by atoms with van der Waals surface area (Å²) in [7, 11) is -4.19. The van der Waals surface area contributed by atoms with E-state index in [1.54, 1.807) is 0 Å². The molecule has 0 bridgehead atoms. The van der Waals surface area contributed by atoms with Crippen molar-refractivity contribution in [1.82, 2.24) is 0 Å². The van der Waals surface area contributed by atoms with Crippen LogP contribution < -0.4 is 0 Å². The summed E-state index contributed by atoms with van der Waals surface area (Å²) in [4.78, 5) is 0.00315. The molecule has 0 heterocycles. The predicted octanol–water partition coefficient (Wildman–Crippen LogP) is 3.40. The first kappa shape index (κ1) is 17.7. The van der Waals surface area contributed by atoms with E-state index in [4.69, 9.17) is 0 Å². The van der Waals surface area contributed by atoms with E-state index in [-0.39, 0.29) is 34.5 Å². The molecule has 0 atom stereocenters. The third-order valence-corrected chi connectivity index (χ3v) is 4.34. The second-order valence-corrected chi connectivity index (χ2v) is 6.66. The van der Waals surface area contributed by atoms with Gasteiger partial charge in [0.1, 0.15) is 4.90 Å². The van der Waals surface area contributed by atoms with Crippen molar-refractivity contribution in [3.05, 3.63) is 41.0 Å². The molecule has 103 valence electrons. The SMILES string of the molecule is Cc1cc(S(=O)(=O)O)c2c(C)ccc(C(C)C)cc1-2.[Na]. The van der Waals surface area contributed by atoms with Gasteiger partial charge < -0.3 is 0 Å². The Morgan fingerprint density at radius 1 is 1.05 bits per heavy atom. The molecule has 0 aromatic heterocycles. The van der Waals surface area contributed by atoms with Gasteiger partial charge in [-0.3, -0.25) is 4.55 Å². The van der Waals surface area contributed by atoms with Crippen LogP contribution in [-0.4, -0.2) is 42.5 Å². The standard InChI is InChI=1S/C15H18O3S.Na/c1-9(2)12-6-5-10(3)15-13(8-12)11(4)7-14(15)19(16,17)18;/h5-9H,1-4H3,(H,16,17,18);. The monoisotopic (exact) mass is 301 g/mol. The van der Waals surface area contributed by atoms with Gasteiger partial charge in [0.05, 0.1) is 0 Å². The summed E-state index contributed by atoms with van der Waals surface area (Å²) in [6, 6.07) is 7.47. The van der Waals surface area contributed by atoms with Gasteiger partial charge in [-0.25, -0.2) is 0 Å². The molecule has 0 spiro atoms. The minimum absolute atomic E-state index is 0. The van der Waals surface area contributed by atoms with Crippen molar-refractivity contribution in [1.29, 1.82) is 0 Å². The summed E-state index contributed by atoms with van der Waals surface area (Å²) in [6.45, 7) is 7.91. The van der Waals surface area contributed by atoms with Crippen LogP contribution in [0.4, 0.5) is 0 Å². The topological polar surface area (TPSA) is 54.4 Å². The van der Waals surface area contributed by atoms with E-state index in [0.717, 1.165) is 22.3 Å². The molecule has 0 aliphatic heterocycles. The summed E-state index contributed by atoms with van der Waals surface area (Å²) < 4.78 is 32.3. The average molecular weight is 301 g/mol. The smallest absolute Gasteiger partial charge is 0.282 e. The van der Waals surface area contributed by atoms with E-state index < -0.39 is 10.1 Å². The molecule has 0 aromatic carbocycles. The van der Waals surface area contributed by atoms with Crippen LogP contribution in [0, 0.1) is 13.8 Å². The fraction of sp³-hybridized carbons (Fsp3) is 0.333. The Morgan fingerprint density at radius 2 is 1.65 bits per heavy atom. The molecule has 0 amide bonds. The number of aryl methyl sites for hydroxylation is 2. The molecule has 0 saturated carbocycles. The molecule has 3 nitrogen and oxygen atoms in total. The normalized spacial score (nSPS) is 11.7. The zero-order valence-corrected chi connectivity index (χ0v) is 15.4. The Morgan fingerprint density at radius 3 is 2.15 bits per heavy atom. The third-order valence-electron chi connectivity index (χ3n) is 3.46. The first-order valence-corrected chi connectivity index (χ1v) is 7.67. The molecular formula is C15H18NaO3S. The second-order valence-electron chi connectivity index (χ2n) is 5.27. The van der Waals surface area contributed by atoms with Crippen molar-refractivity contribution in [2.75, 3.05) is 0 Å². The number of hydrogen-bond acceptors (Lipinski definition) is 2. The predicted molar refractivity (Wildman–Crippen MR) is 82.2 cm³/mol. The van der Waals surface area contributed by atoms with Crippen molar-refractivity contribution in [3.8, 4) is 11.1 Å². The Kier molecular flexibility index (Phi) is 5.44. The maximum atomic E-state index is 11.5. The summed E-state index contributed by atoms with van der Waals surface area (Å²) in [5, 5.41) is 0. The Labute approximate surface area is 142 Å². The Hall–Kier alpha value is -0.390. The minimum atomic E-state index is -4.19. The van der Waals surface area contributed by atoms with Crippen molar-refractivity contribution in [2.45, 2.75) is 38.5 Å². The third kappa shape index (κ3) is 3.26. The molecule has 20 heavy (non-hydrogen) atoms. The second kappa shape index (κ2) is 6.16. The van der Waals surface area contributed by atoms with Gasteiger partial charge in [-0.1, -0.05) is 32.0 Å². The van der Waals surface area contributed by atoms with Crippen molar-refractivity contribution in [3.63, 3.8) is 0 Å². The summed E-state index contributed by atoms with van der Waals surface area (Å²) >= 11 is 0. The van der Waals surface area contributed by atoms with Crippen LogP contribution in [0.15, 0.2) is 29.2 Å². The molecule has 5 heteroatoms. The molecule has 0 fully saturated rings. The fourth-order valence-electron chi connectivity index (χ4n) is 2.35. The van der Waals surface area contributed by atoms with E-state index in [1.165, 1.54) is 6.07 Å². The number of rotatable bonds is 2. The van der Waals surface area contributed by atoms with Gasteiger partial charge in [-0.15, -0.1) is 0 Å². The molecule has 1 N–H and O–H groups in total. The average Bonchev–Trinajstić information content (AvgIpc) is 2.50. The summed E-state index contributed by atoms with van der Waals surface area (Å²) in [5.74, 6) is 0.360. The van der Waals surface area contributed by atoms with E-state index >= 15 is 0 Å². The minimum Gasteiger partial charge on any atom is -0.282 e. The quantitative estimate of drug-likeness (QED) is 0.683. The Balaban J connectivity index is 0.00000200. The first-order valence-electron chi connectivity index (χ1n) is 6.23. The van der Waals surface area contributed by atoms with Crippen molar-refractivity contribution >= 4 is 39.7 Å². The molecule has 0 unspecified atom stereocenters. The molecule has 2 rings (SSSR count).